The summed E-state index contributed by atoms with van der Waals surface area (Å²) in [5.41, 5.74) is 0. The van der Waals surface area contributed by atoms with E-state index in [0.717, 1.165) is 4.90 Å². The second-order valence-corrected chi connectivity index (χ2v) is 5.09. The van der Waals surface area contributed by atoms with Crippen molar-refractivity contribution in [3.63, 3.8) is 0 Å². The van der Waals surface area contributed by atoms with E-state index in [0.29, 0.717) is 12.8 Å². The second-order valence-electron chi connectivity index (χ2n) is 5.09. The van der Waals surface area contributed by atoms with Crippen molar-refractivity contribution in [2.75, 3.05) is 32.7 Å². The molecule has 0 heterocycles. The summed E-state index contributed by atoms with van der Waals surface area (Å²) < 4.78 is 0. The Balaban J connectivity index is 5.17. The fourth-order valence-corrected chi connectivity index (χ4v) is 2.25. The molecule has 10 nitrogen and oxygen atoms in total. The number of nitrogens with zero attached hydrogens (tertiary/aromatic N) is 2. The van der Waals surface area contributed by atoms with Gasteiger partial charge in [-0.2, -0.15) is 0 Å². The van der Waals surface area contributed by atoms with Gasteiger partial charge in [0, 0.05) is 12.6 Å². The summed E-state index contributed by atoms with van der Waals surface area (Å²) in [6.45, 7) is -0.338. The Labute approximate surface area is 132 Å². The van der Waals surface area contributed by atoms with Crippen LogP contribution >= 0.6 is 0 Å². The van der Waals surface area contributed by atoms with E-state index in [-0.39, 0.29) is 6.54 Å². The van der Waals surface area contributed by atoms with Gasteiger partial charge in [-0.05, 0) is 6.42 Å². The predicted molar refractivity (Wildman–Crippen MR) is 77.3 cm³/mol. The number of aliphatic carboxylic acids is 4. The van der Waals surface area contributed by atoms with Crippen LogP contribution in [0.4, 0.5) is 0 Å². The van der Waals surface area contributed by atoms with Crippen LogP contribution in [0.2, 0.25) is 0 Å². The third-order valence-electron chi connectivity index (χ3n) is 3.00. The number of carbonyl (C=O) groups is 4. The molecule has 0 rings (SSSR count). The minimum absolute atomic E-state index is 0.0486. The average Bonchev–Trinajstić information content (AvgIpc) is 2.34. The van der Waals surface area contributed by atoms with Crippen LogP contribution in [0.1, 0.15) is 19.8 Å². The summed E-state index contributed by atoms with van der Waals surface area (Å²) in [7, 11) is 0. The summed E-state index contributed by atoms with van der Waals surface area (Å²) in [5, 5.41) is 35.5. The summed E-state index contributed by atoms with van der Waals surface area (Å²) in [5.74, 6) is -4.86. The third kappa shape index (κ3) is 10.2. The molecular formula is C13H22N2O8. The molecule has 10 heteroatoms. The molecule has 0 radical (unpaired) electrons. The first-order chi connectivity index (χ1) is 10.6. The van der Waals surface area contributed by atoms with Crippen LogP contribution in [0.5, 0.6) is 0 Å². The van der Waals surface area contributed by atoms with Crippen LogP contribution in [-0.4, -0.2) is 92.9 Å². The van der Waals surface area contributed by atoms with Gasteiger partial charge in [0.1, 0.15) is 0 Å². The van der Waals surface area contributed by atoms with E-state index in [1.807, 2.05) is 6.92 Å². The molecule has 0 aliphatic carbocycles. The quantitative estimate of drug-likeness (QED) is 0.333. The van der Waals surface area contributed by atoms with Crippen molar-refractivity contribution >= 4 is 23.9 Å². The Morgan fingerprint density at radius 3 is 1.48 bits per heavy atom. The first-order valence-electron chi connectivity index (χ1n) is 6.99. The average molecular weight is 334 g/mol. The first-order valence-corrected chi connectivity index (χ1v) is 6.99. The van der Waals surface area contributed by atoms with Crippen molar-refractivity contribution in [2.24, 2.45) is 0 Å². The molecule has 4 N–H and O–H groups in total. The molecule has 132 valence electrons. The molecule has 1 unspecified atom stereocenters. The van der Waals surface area contributed by atoms with Gasteiger partial charge in [-0.15, -0.1) is 0 Å². The molecule has 0 aromatic rings. The molecule has 0 bridgehead atoms. The maximum Gasteiger partial charge on any atom is 0.317 e. The number of carboxylic acid groups (broad SMARTS) is 4. The van der Waals surface area contributed by atoms with E-state index in [1.165, 1.54) is 4.90 Å². The molecule has 0 fully saturated rings. The van der Waals surface area contributed by atoms with Gasteiger partial charge in [-0.3, -0.25) is 29.0 Å². The highest BCUT2D eigenvalue weighted by Gasteiger charge is 2.26. The van der Waals surface area contributed by atoms with Gasteiger partial charge >= 0.3 is 23.9 Å². The normalized spacial score (nSPS) is 12.3. The fraction of sp³-hybridized carbons (Fsp3) is 0.692. The molecule has 0 saturated heterocycles. The molecule has 0 aliphatic rings. The van der Waals surface area contributed by atoms with Crippen molar-refractivity contribution in [3.8, 4) is 0 Å². The van der Waals surface area contributed by atoms with Crippen molar-refractivity contribution in [1.82, 2.24) is 9.80 Å². The van der Waals surface area contributed by atoms with Crippen molar-refractivity contribution in [1.29, 1.82) is 0 Å². The van der Waals surface area contributed by atoms with Crippen LogP contribution in [0, 0.1) is 0 Å². The van der Waals surface area contributed by atoms with Crippen molar-refractivity contribution in [2.45, 2.75) is 25.8 Å². The highest BCUT2D eigenvalue weighted by Crippen LogP contribution is 2.10. The summed E-state index contributed by atoms with van der Waals surface area (Å²) in [4.78, 5) is 45.8. The summed E-state index contributed by atoms with van der Waals surface area (Å²) in [6.07, 6.45) is 1.02. The van der Waals surface area contributed by atoms with Crippen LogP contribution in [0.3, 0.4) is 0 Å². The topological polar surface area (TPSA) is 156 Å². The van der Waals surface area contributed by atoms with Crippen LogP contribution in [0.15, 0.2) is 0 Å². The minimum Gasteiger partial charge on any atom is -0.480 e. The van der Waals surface area contributed by atoms with Gasteiger partial charge < -0.3 is 20.4 Å². The monoisotopic (exact) mass is 334 g/mol. The Hall–Kier alpha value is -2.20. The zero-order valence-electron chi connectivity index (χ0n) is 12.8. The van der Waals surface area contributed by atoms with Gasteiger partial charge in [-0.25, -0.2) is 0 Å². The lowest BCUT2D eigenvalue weighted by Crippen LogP contribution is -2.49. The Morgan fingerprint density at radius 2 is 1.17 bits per heavy atom. The van der Waals surface area contributed by atoms with Gasteiger partial charge in [0.25, 0.3) is 0 Å². The van der Waals surface area contributed by atoms with Gasteiger partial charge in [-0.1, -0.05) is 13.3 Å². The Morgan fingerprint density at radius 1 is 0.783 bits per heavy atom. The largest absolute Gasteiger partial charge is 0.480 e. The highest BCUT2D eigenvalue weighted by atomic mass is 16.4. The number of hydrogen-bond acceptors (Lipinski definition) is 6. The molecule has 0 aromatic carbocycles. The smallest absolute Gasteiger partial charge is 0.317 e. The maximum atomic E-state index is 10.9. The fourth-order valence-electron chi connectivity index (χ4n) is 2.25. The molecular weight excluding hydrogens is 312 g/mol. The van der Waals surface area contributed by atoms with Gasteiger partial charge in [0.2, 0.25) is 0 Å². The second kappa shape index (κ2) is 10.5. The summed E-state index contributed by atoms with van der Waals surface area (Å²) in [6, 6.07) is -0.578. The van der Waals surface area contributed by atoms with E-state index in [1.54, 1.807) is 0 Å². The van der Waals surface area contributed by atoms with Crippen LogP contribution in [0.25, 0.3) is 0 Å². The van der Waals surface area contributed by atoms with E-state index in [9.17, 15) is 19.2 Å². The minimum atomic E-state index is -1.22. The summed E-state index contributed by atoms with van der Waals surface area (Å²) >= 11 is 0. The highest BCUT2D eigenvalue weighted by molar-refractivity contribution is 5.73. The van der Waals surface area contributed by atoms with Crippen LogP contribution < -0.4 is 0 Å². The predicted octanol–water partition coefficient (Wildman–Crippen LogP) is -0.902. The molecule has 23 heavy (non-hydrogen) atoms. The number of rotatable bonds is 13. The van der Waals surface area contributed by atoms with E-state index in [2.05, 4.69) is 0 Å². The zero-order valence-corrected chi connectivity index (χ0v) is 12.8. The lowest BCUT2D eigenvalue weighted by atomic mass is 10.1. The Bertz CT molecular complexity index is 408. The molecule has 0 spiro atoms. The lowest BCUT2D eigenvalue weighted by molar-refractivity contribution is -0.146. The molecule has 0 saturated carbocycles. The van der Waals surface area contributed by atoms with E-state index >= 15 is 0 Å². The zero-order chi connectivity index (χ0) is 18.0. The van der Waals surface area contributed by atoms with Crippen LogP contribution in [-0.2, 0) is 19.2 Å². The van der Waals surface area contributed by atoms with Gasteiger partial charge in [0.15, 0.2) is 0 Å². The van der Waals surface area contributed by atoms with E-state index in [4.69, 9.17) is 20.4 Å². The Kier molecular flexibility index (Phi) is 9.51. The molecule has 0 aliphatic heterocycles. The molecule has 0 aromatic heterocycles. The molecule has 0 amide bonds. The lowest BCUT2D eigenvalue weighted by Gasteiger charge is -2.32. The van der Waals surface area contributed by atoms with E-state index < -0.39 is 56.1 Å². The molecule has 1 atom stereocenters. The van der Waals surface area contributed by atoms with Crippen molar-refractivity contribution in [3.05, 3.63) is 0 Å². The third-order valence-corrected chi connectivity index (χ3v) is 3.00. The SMILES string of the molecule is CCCC(CN(CC(=O)O)CC(=O)O)N(CC(=O)O)CC(=O)O. The first kappa shape index (κ1) is 20.8. The van der Waals surface area contributed by atoms with Crippen molar-refractivity contribution < 1.29 is 39.6 Å². The maximum absolute atomic E-state index is 10.9. The van der Waals surface area contributed by atoms with Gasteiger partial charge in [0.05, 0.1) is 26.2 Å². The number of hydrogen-bond donors (Lipinski definition) is 4. The number of carboxylic acids is 4. The standard InChI is InChI=1S/C13H22N2O8/c1-2-3-9(15(7-12(20)21)8-13(22)23)4-14(5-10(16)17)6-11(18)19/h9H,2-8H2,1H3,(H,16,17)(H,18,19)(H,20,21)(H,22,23).